The molecule has 2 aromatic rings. The predicted molar refractivity (Wildman–Crippen MR) is 141 cm³/mol. The third-order valence-corrected chi connectivity index (χ3v) is 5.39. The Morgan fingerprint density at radius 1 is 1.03 bits per heavy atom. The highest BCUT2D eigenvalue weighted by molar-refractivity contribution is 5.99. The summed E-state index contributed by atoms with van der Waals surface area (Å²) in [4.78, 5) is 41.1. The van der Waals surface area contributed by atoms with Crippen molar-refractivity contribution in [2.24, 2.45) is 5.92 Å². The molecule has 8 heteroatoms. The van der Waals surface area contributed by atoms with Gasteiger partial charge in [-0.1, -0.05) is 43.7 Å². The number of benzene rings is 2. The van der Waals surface area contributed by atoms with E-state index in [1.165, 1.54) is 4.90 Å². The van der Waals surface area contributed by atoms with Crippen LogP contribution in [0.2, 0.25) is 0 Å². The molecule has 0 fully saturated rings. The number of anilines is 1. The van der Waals surface area contributed by atoms with Crippen LogP contribution < -0.4 is 15.4 Å². The number of alkyl carbamates (subject to hydrolysis) is 1. The number of hydrogen-bond donors (Lipinski definition) is 2. The first-order valence-corrected chi connectivity index (χ1v) is 12.1. The molecular formula is C28H39N3O5. The number of likely N-dealkylation sites (N-methyl/N-ethyl adjacent to an activating group) is 1. The van der Waals surface area contributed by atoms with Crippen LogP contribution in [0.15, 0.2) is 48.5 Å². The number of carbonyl (C=O) groups excluding carboxylic acids is 3. The Labute approximate surface area is 214 Å². The van der Waals surface area contributed by atoms with Gasteiger partial charge in [0.1, 0.15) is 23.4 Å². The second kappa shape index (κ2) is 12.4. The molecule has 0 aromatic heterocycles. The molecular weight excluding hydrogens is 458 g/mol. The minimum atomic E-state index is -0.922. The fourth-order valence-electron chi connectivity index (χ4n) is 3.79. The highest BCUT2D eigenvalue weighted by atomic mass is 16.6. The van der Waals surface area contributed by atoms with E-state index in [-0.39, 0.29) is 17.7 Å². The molecule has 0 aliphatic carbocycles. The summed E-state index contributed by atoms with van der Waals surface area (Å²) in [6.07, 6.45) is -0.284. The number of nitrogens with one attached hydrogen (secondary N) is 2. The number of nitrogens with zero attached hydrogens (tertiary/aromatic N) is 1. The lowest BCUT2D eigenvalue weighted by Crippen LogP contribution is -2.51. The van der Waals surface area contributed by atoms with Crippen molar-refractivity contribution < 1.29 is 23.9 Å². The number of amides is 3. The fourth-order valence-corrected chi connectivity index (χ4v) is 3.79. The van der Waals surface area contributed by atoms with Gasteiger partial charge in [0, 0.05) is 12.7 Å². The van der Waals surface area contributed by atoms with Crippen LogP contribution in [0.25, 0.3) is 0 Å². The highest BCUT2D eigenvalue weighted by Crippen LogP contribution is 2.25. The third-order valence-electron chi connectivity index (χ3n) is 5.39. The van der Waals surface area contributed by atoms with E-state index in [0.717, 1.165) is 5.56 Å². The van der Waals surface area contributed by atoms with Gasteiger partial charge in [-0.2, -0.15) is 0 Å². The molecule has 2 unspecified atom stereocenters. The normalized spacial score (nSPS) is 12.9. The van der Waals surface area contributed by atoms with E-state index in [0.29, 0.717) is 23.4 Å². The van der Waals surface area contributed by atoms with Crippen LogP contribution in [-0.2, 0) is 14.3 Å². The molecule has 0 aliphatic heterocycles. The van der Waals surface area contributed by atoms with Crippen LogP contribution >= 0.6 is 0 Å². The summed E-state index contributed by atoms with van der Waals surface area (Å²) >= 11 is 0. The van der Waals surface area contributed by atoms with Crippen molar-refractivity contribution in [1.82, 2.24) is 10.2 Å². The summed E-state index contributed by atoms with van der Waals surface area (Å²) in [5.41, 5.74) is 1.49. The van der Waals surface area contributed by atoms with Gasteiger partial charge in [0.15, 0.2) is 0 Å². The first-order valence-electron chi connectivity index (χ1n) is 12.1. The van der Waals surface area contributed by atoms with Crippen molar-refractivity contribution >= 4 is 23.6 Å². The first kappa shape index (κ1) is 28.7. The zero-order valence-corrected chi connectivity index (χ0v) is 22.5. The number of methoxy groups -OCH3 is 1. The van der Waals surface area contributed by atoms with Crippen molar-refractivity contribution in [3.05, 3.63) is 59.7 Å². The molecule has 2 rings (SSSR count). The standard InChI is InChI=1S/C28H39N3O5/c1-18(2)16-23(30-27(34)36-28(4,5)6)26(33)31(7)24(20-11-9-10-19(3)17-20)25(32)29-21-12-14-22(35-8)15-13-21/h9-15,17-18,23-24H,16H2,1-8H3,(H,29,32)(H,30,34). The Kier molecular flexibility index (Phi) is 9.90. The summed E-state index contributed by atoms with van der Waals surface area (Å²) < 4.78 is 10.6. The molecule has 36 heavy (non-hydrogen) atoms. The number of hydrogen-bond acceptors (Lipinski definition) is 5. The lowest BCUT2D eigenvalue weighted by molar-refractivity contribution is -0.139. The molecule has 2 aromatic carbocycles. The maximum atomic E-state index is 13.7. The highest BCUT2D eigenvalue weighted by Gasteiger charge is 2.34. The largest absolute Gasteiger partial charge is 0.497 e. The fraction of sp³-hybridized carbons (Fsp3) is 0.464. The molecule has 0 spiro atoms. The second-order valence-electron chi connectivity index (χ2n) is 10.3. The average molecular weight is 498 g/mol. The van der Waals surface area contributed by atoms with Gasteiger partial charge >= 0.3 is 6.09 Å². The second-order valence-corrected chi connectivity index (χ2v) is 10.3. The zero-order chi connectivity index (χ0) is 27.0. The maximum Gasteiger partial charge on any atom is 0.408 e. The van der Waals surface area contributed by atoms with Gasteiger partial charge in [-0.3, -0.25) is 9.59 Å². The summed E-state index contributed by atoms with van der Waals surface area (Å²) in [7, 11) is 3.15. The van der Waals surface area contributed by atoms with Crippen molar-refractivity contribution in [3.63, 3.8) is 0 Å². The number of rotatable bonds is 9. The minimum absolute atomic E-state index is 0.118. The molecule has 0 saturated carbocycles. The van der Waals surface area contributed by atoms with Gasteiger partial charge < -0.3 is 25.0 Å². The van der Waals surface area contributed by atoms with Crippen LogP contribution in [-0.4, -0.2) is 48.6 Å². The Balaban J connectivity index is 2.36. The van der Waals surface area contributed by atoms with Gasteiger partial charge in [-0.05, 0) is 69.9 Å². The summed E-state index contributed by atoms with van der Waals surface area (Å²) in [6, 6.07) is 12.6. The number of aryl methyl sites for hydroxylation is 1. The average Bonchev–Trinajstić information content (AvgIpc) is 2.77. The molecule has 0 radical (unpaired) electrons. The van der Waals surface area contributed by atoms with Crippen LogP contribution in [0.3, 0.4) is 0 Å². The van der Waals surface area contributed by atoms with E-state index in [2.05, 4.69) is 10.6 Å². The molecule has 0 aliphatic rings. The van der Waals surface area contributed by atoms with Gasteiger partial charge in [-0.15, -0.1) is 0 Å². The quantitative estimate of drug-likeness (QED) is 0.504. The molecule has 8 nitrogen and oxygen atoms in total. The van der Waals surface area contributed by atoms with Crippen molar-refractivity contribution in [1.29, 1.82) is 0 Å². The van der Waals surface area contributed by atoms with E-state index in [1.54, 1.807) is 59.2 Å². The molecule has 2 N–H and O–H groups in total. The zero-order valence-electron chi connectivity index (χ0n) is 22.5. The monoisotopic (exact) mass is 497 g/mol. The lowest BCUT2D eigenvalue weighted by Gasteiger charge is -2.32. The number of ether oxygens (including phenoxy) is 2. The Morgan fingerprint density at radius 3 is 2.19 bits per heavy atom. The molecule has 0 bridgehead atoms. The molecule has 3 amide bonds. The topological polar surface area (TPSA) is 97.0 Å². The van der Waals surface area contributed by atoms with Gasteiger partial charge in [0.25, 0.3) is 5.91 Å². The van der Waals surface area contributed by atoms with Crippen LogP contribution in [0.4, 0.5) is 10.5 Å². The SMILES string of the molecule is COc1ccc(NC(=O)C(c2cccc(C)c2)N(C)C(=O)C(CC(C)C)NC(=O)OC(C)(C)C)cc1. The molecule has 196 valence electrons. The molecule has 0 heterocycles. The summed E-state index contributed by atoms with van der Waals surface area (Å²) in [5.74, 6) is 0.0289. The minimum Gasteiger partial charge on any atom is -0.497 e. The van der Waals surface area contributed by atoms with Crippen LogP contribution in [0.1, 0.15) is 58.2 Å². The van der Waals surface area contributed by atoms with Crippen molar-refractivity contribution in [2.75, 3.05) is 19.5 Å². The van der Waals surface area contributed by atoms with Crippen molar-refractivity contribution in [2.45, 2.75) is 65.6 Å². The Morgan fingerprint density at radius 2 is 1.67 bits per heavy atom. The summed E-state index contributed by atoms with van der Waals surface area (Å²) in [6.45, 7) is 11.1. The maximum absolute atomic E-state index is 13.7. The lowest BCUT2D eigenvalue weighted by atomic mass is 9.99. The van der Waals surface area contributed by atoms with E-state index in [4.69, 9.17) is 9.47 Å². The van der Waals surface area contributed by atoms with E-state index < -0.39 is 23.8 Å². The Hall–Kier alpha value is -3.55. The molecule has 0 saturated heterocycles. The number of carbonyl (C=O) groups is 3. The Bertz CT molecular complexity index is 1040. The van der Waals surface area contributed by atoms with Gasteiger partial charge in [0.2, 0.25) is 5.91 Å². The van der Waals surface area contributed by atoms with Crippen LogP contribution in [0.5, 0.6) is 5.75 Å². The summed E-state index contributed by atoms with van der Waals surface area (Å²) in [5, 5.41) is 5.60. The van der Waals surface area contributed by atoms with Gasteiger partial charge in [-0.25, -0.2) is 4.79 Å². The van der Waals surface area contributed by atoms with Gasteiger partial charge in [0.05, 0.1) is 7.11 Å². The predicted octanol–water partition coefficient (Wildman–Crippen LogP) is 5.08. The van der Waals surface area contributed by atoms with Crippen molar-refractivity contribution in [3.8, 4) is 5.75 Å². The van der Waals surface area contributed by atoms with E-state index in [1.807, 2.05) is 45.0 Å². The first-order chi connectivity index (χ1) is 16.8. The molecule has 2 atom stereocenters. The van der Waals surface area contributed by atoms with Crippen LogP contribution in [0, 0.1) is 12.8 Å². The third kappa shape index (κ3) is 8.59. The van der Waals surface area contributed by atoms with E-state index >= 15 is 0 Å². The smallest absolute Gasteiger partial charge is 0.408 e. The van der Waals surface area contributed by atoms with E-state index in [9.17, 15) is 14.4 Å².